The van der Waals surface area contributed by atoms with E-state index in [-0.39, 0.29) is 24.0 Å². The molecule has 0 heterocycles. The molecule has 4 unspecified atom stereocenters. The number of carbonyl (C=O) groups excluding carboxylic acids is 1. The van der Waals surface area contributed by atoms with Crippen LogP contribution in [-0.4, -0.2) is 53.5 Å². The van der Waals surface area contributed by atoms with Crippen molar-refractivity contribution in [1.82, 2.24) is 10.2 Å². The molecule has 5 nitrogen and oxygen atoms in total. The maximum absolute atomic E-state index is 12.3. The van der Waals surface area contributed by atoms with E-state index >= 15 is 0 Å². The van der Waals surface area contributed by atoms with Gasteiger partial charge in [0, 0.05) is 32.0 Å². The van der Waals surface area contributed by atoms with Crippen molar-refractivity contribution in [3.05, 3.63) is 35.9 Å². The van der Waals surface area contributed by atoms with E-state index in [0.29, 0.717) is 19.5 Å². The molecule has 0 saturated heterocycles. The lowest BCUT2D eigenvalue weighted by Crippen LogP contribution is -2.42. The molecule has 0 aromatic heterocycles. The summed E-state index contributed by atoms with van der Waals surface area (Å²) < 4.78 is 0. The van der Waals surface area contributed by atoms with Crippen molar-refractivity contribution in [3.8, 4) is 0 Å². The molecule has 1 aromatic rings. The molecule has 2 amide bonds. The predicted octanol–water partition coefficient (Wildman–Crippen LogP) is 2.34. The van der Waals surface area contributed by atoms with Gasteiger partial charge in [0.05, 0.1) is 12.2 Å². The Morgan fingerprint density at radius 1 is 1.33 bits per heavy atom. The lowest BCUT2D eigenvalue weighted by atomic mass is 9.93. The van der Waals surface area contributed by atoms with Gasteiger partial charge in [-0.2, -0.15) is 0 Å². The van der Waals surface area contributed by atoms with Gasteiger partial charge in [0.25, 0.3) is 0 Å². The summed E-state index contributed by atoms with van der Waals surface area (Å²) in [6.07, 6.45) is 2.75. The van der Waals surface area contributed by atoms with Crippen molar-refractivity contribution in [3.63, 3.8) is 0 Å². The van der Waals surface area contributed by atoms with Crippen LogP contribution in [0.3, 0.4) is 0 Å². The zero-order valence-corrected chi connectivity index (χ0v) is 14.7. The van der Waals surface area contributed by atoms with Gasteiger partial charge in [-0.3, -0.25) is 0 Å². The fourth-order valence-corrected chi connectivity index (χ4v) is 3.48. The topological polar surface area (TPSA) is 72.8 Å². The van der Waals surface area contributed by atoms with Gasteiger partial charge in [-0.15, -0.1) is 0 Å². The number of aliphatic hydroxyl groups excluding tert-OH is 2. The van der Waals surface area contributed by atoms with Crippen LogP contribution in [0.15, 0.2) is 30.3 Å². The maximum atomic E-state index is 12.3. The summed E-state index contributed by atoms with van der Waals surface area (Å²) in [5.41, 5.74) is 1.12. The normalized spacial score (nSPS) is 22.8. The Bertz CT molecular complexity index is 507. The molecule has 0 bridgehead atoms. The van der Waals surface area contributed by atoms with Crippen molar-refractivity contribution in [2.45, 2.75) is 50.7 Å². The number of rotatable bonds is 7. The van der Waals surface area contributed by atoms with Gasteiger partial charge in [-0.05, 0) is 31.7 Å². The molecular formula is C19H30N2O3. The SMILES string of the molecule is CC(O)CC(CNC(=O)N(C)CC1CCCC1O)c1ccccc1. The standard InChI is InChI=1S/C19H30N2O3/c1-14(22)11-17(15-7-4-3-5-8-15)12-20-19(24)21(2)13-16-9-6-10-18(16)23/h3-5,7-8,14,16-18,22-23H,6,9-13H2,1-2H3,(H,20,24). The van der Waals surface area contributed by atoms with Crippen LogP contribution in [-0.2, 0) is 0 Å². The largest absolute Gasteiger partial charge is 0.393 e. The number of aliphatic hydroxyl groups is 2. The molecule has 1 fully saturated rings. The van der Waals surface area contributed by atoms with Gasteiger partial charge in [0.2, 0.25) is 0 Å². The summed E-state index contributed by atoms with van der Waals surface area (Å²) in [4.78, 5) is 14.0. The van der Waals surface area contributed by atoms with Crippen LogP contribution < -0.4 is 5.32 Å². The molecule has 0 aliphatic heterocycles. The molecular weight excluding hydrogens is 304 g/mol. The number of benzene rings is 1. The molecule has 1 aliphatic carbocycles. The fourth-order valence-electron chi connectivity index (χ4n) is 3.48. The number of carbonyl (C=O) groups is 1. The lowest BCUT2D eigenvalue weighted by Gasteiger charge is -2.25. The van der Waals surface area contributed by atoms with E-state index in [1.807, 2.05) is 30.3 Å². The number of amides is 2. The highest BCUT2D eigenvalue weighted by Crippen LogP contribution is 2.26. The molecule has 2 rings (SSSR count). The highest BCUT2D eigenvalue weighted by molar-refractivity contribution is 5.73. The van der Waals surface area contributed by atoms with Crippen LogP contribution in [0.5, 0.6) is 0 Å². The minimum absolute atomic E-state index is 0.0839. The van der Waals surface area contributed by atoms with Crippen LogP contribution in [0.4, 0.5) is 4.79 Å². The summed E-state index contributed by atoms with van der Waals surface area (Å²) in [6, 6.07) is 9.83. The van der Waals surface area contributed by atoms with E-state index in [1.54, 1.807) is 18.9 Å². The van der Waals surface area contributed by atoms with E-state index < -0.39 is 6.10 Å². The molecule has 0 radical (unpaired) electrons. The number of urea groups is 1. The monoisotopic (exact) mass is 334 g/mol. The first-order chi connectivity index (χ1) is 11.5. The van der Waals surface area contributed by atoms with Crippen LogP contribution in [0.1, 0.15) is 44.1 Å². The molecule has 1 aliphatic rings. The molecule has 0 spiro atoms. The van der Waals surface area contributed by atoms with E-state index in [4.69, 9.17) is 0 Å². The van der Waals surface area contributed by atoms with E-state index in [9.17, 15) is 15.0 Å². The zero-order valence-electron chi connectivity index (χ0n) is 14.7. The number of nitrogens with one attached hydrogen (secondary N) is 1. The fraction of sp³-hybridized carbons (Fsp3) is 0.632. The van der Waals surface area contributed by atoms with Crippen LogP contribution >= 0.6 is 0 Å². The third-order valence-corrected chi connectivity index (χ3v) is 4.87. The first-order valence-corrected chi connectivity index (χ1v) is 8.87. The summed E-state index contributed by atoms with van der Waals surface area (Å²) in [7, 11) is 1.77. The predicted molar refractivity (Wildman–Crippen MR) is 94.9 cm³/mol. The molecule has 134 valence electrons. The molecule has 3 N–H and O–H groups in total. The Labute approximate surface area is 144 Å². The minimum Gasteiger partial charge on any atom is -0.393 e. The second-order valence-electron chi connectivity index (χ2n) is 7.02. The summed E-state index contributed by atoms with van der Waals surface area (Å²) in [5.74, 6) is 0.267. The summed E-state index contributed by atoms with van der Waals surface area (Å²) >= 11 is 0. The molecule has 1 saturated carbocycles. The van der Waals surface area contributed by atoms with E-state index in [1.165, 1.54) is 0 Å². The van der Waals surface area contributed by atoms with Gasteiger partial charge in [0.15, 0.2) is 0 Å². The highest BCUT2D eigenvalue weighted by Gasteiger charge is 2.27. The third kappa shape index (κ3) is 5.49. The Morgan fingerprint density at radius 2 is 2.04 bits per heavy atom. The quantitative estimate of drug-likeness (QED) is 0.717. The second-order valence-corrected chi connectivity index (χ2v) is 7.02. The average molecular weight is 334 g/mol. The summed E-state index contributed by atoms with van der Waals surface area (Å²) in [6.45, 7) is 2.84. The van der Waals surface area contributed by atoms with Crippen molar-refractivity contribution in [1.29, 1.82) is 0 Å². The first-order valence-electron chi connectivity index (χ1n) is 8.87. The van der Waals surface area contributed by atoms with Gasteiger partial charge < -0.3 is 20.4 Å². The third-order valence-electron chi connectivity index (χ3n) is 4.87. The average Bonchev–Trinajstić information content (AvgIpc) is 2.96. The van der Waals surface area contributed by atoms with Crippen LogP contribution in [0, 0.1) is 5.92 Å². The molecule has 1 aromatic carbocycles. The summed E-state index contributed by atoms with van der Waals surface area (Å²) in [5, 5.41) is 22.6. The van der Waals surface area contributed by atoms with Crippen molar-refractivity contribution in [2.75, 3.05) is 20.1 Å². The zero-order chi connectivity index (χ0) is 17.5. The lowest BCUT2D eigenvalue weighted by molar-refractivity contribution is 0.113. The number of hydrogen-bond acceptors (Lipinski definition) is 3. The Kier molecular flexibility index (Phi) is 7.06. The Balaban J connectivity index is 1.87. The highest BCUT2D eigenvalue weighted by atomic mass is 16.3. The Hall–Kier alpha value is -1.59. The van der Waals surface area contributed by atoms with Crippen LogP contribution in [0.2, 0.25) is 0 Å². The molecule has 4 atom stereocenters. The first kappa shape index (κ1) is 18.7. The number of nitrogens with zero attached hydrogens (tertiary/aromatic N) is 1. The van der Waals surface area contributed by atoms with E-state index in [0.717, 1.165) is 24.8 Å². The Morgan fingerprint density at radius 3 is 2.62 bits per heavy atom. The molecule has 5 heteroatoms. The van der Waals surface area contributed by atoms with Crippen molar-refractivity contribution in [2.24, 2.45) is 5.92 Å². The minimum atomic E-state index is -0.418. The second kappa shape index (κ2) is 9.04. The van der Waals surface area contributed by atoms with Crippen molar-refractivity contribution >= 4 is 6.03 Å². The maximum Gasteiger partial charge on any atom is 0.317 e. The van der Waals surface area contributed by atoms with Crippen LogP contribution in [0.25, 0.3) is 0 Å². The van der Waals surface area contributed by atoms with Gasteiger partial charge in [0.1, 0.15) is 0 Å². The number of hydrogen-bond donors (Lipinski definition) is 3. The van der Waals surface area contributed by atoms with Gasteiger partial charge >= 0.3 is 6.03 Å². The van der Waals surface area contributed by atoms with E-state index in [2.05, 4.69) is 5.32 Å². The van der Waals surface area contributed by atoms with Gasteiger partial charge in [-0.25, -0.2) is 4.79 Å². The van der Waals surface area contributed by atoms with Gasteiger partial charge in [-0.1, -0.05) is 36.8 Å². The van der Waals surface area contributed by atoms with Crippen molar-refractivity contribution < 1.29 is 15.0 Å². The molecule has 24 heavy (non-hydrogen) atoms. The smallest absolute Gasteiger partial charge is 0.317 e.